The van der Waals surface area contributed by atoms with Crippen molar-refractivity contribution in [2.75, 3.05) is 18.5 Å². The highest BCUT2D eigenvalue weighted by atomic mass is 16.5. The number of hydrogen-bond acceptors (Lipinski definition) is 5. The molecule has 3 rings (SSSR count). The van der Waals surface area contributed by atoms with Crippen molar-refractivity contribution < 1.29 is 18.8 Å². The van der Waals surface area contributed by atoms with Gasteiger partial charge in [0, 0.05) is 13.1 Å². The van der Waals surface area contributed by atoms with Gasteiger partial charge in [0.05, 0.1) is 12.2 Å². The Labute approximate surface area is 139 Å². The third kappa shape index (κ3) is 3.10. The van der Waals surface area contributed by atoms with E-state index in [9.17, 15) is 9.59 Å². The highest BCUT2D eigenvalue weighted by molar-refractivity contribution is 6.03. The van der Waals surface area contributed by atoms with E-state index in [4.69, 9.17) is 9.26 Å². The predicted octanol–water partition coefficient (Wildman–Crippen LogP) is 1.76. The number of carbonyl (C=O) groups is 2. The number of ether oxygens (including phenoxy) is 1. The van der Waals surface area contributed by atoms with Crippen molar-refractivity contribution in [1.29, 1.82) is 0 Å². The number of aryl methyl sites for hydroxylation is 1. The normalized spacial score (nSPS) is 16.5. The minimum atomic E-state index is -0.615. The Hall–Kier alpha value is -2.83. The average Bonchev–Trinajstić information content (AvgIpc) is 2.96. The standard InChI is InChI=1S/C17H19N3O4/c1-11-8-13(18-24-11)9-19(3)16(21)10-20-14-6-4-5-7-15(14)23-12(2)17(20)22/h4-8,12H,9-10H2,1-3H3. The van der Waals surface area contributed by atoms with E-state index in [2.05, 4.69) is 5.16 Å². The number of likely N-dealkylation sites (N-methyl/N-ethyl adjacent to an activating group) is 1. The molecular weight excluding hydrogens is 310 g/mol. The van der Waals surface area contributed by atoms with Crippen LogP contribution in [-0.2, 0) is 16.1 Å². The number of para-hydroxylation sites is 2. The molecule has 2 aromatic rings. The molecule has 1 unspecified atom stereocenters. The van der Waals surface area contributed by atoms with Crippen molar-refractivity contribution >= 4 is 17.5 Å². The molecule has 2 amide bonds. The van der Waals surface area contributed by atoms with Gasteiger partial charge in [0.25, 0.3) is 5.91 Å². The maximum Gasteiger partial charge on any atom is 0.268 e. The summed E-state index contributed by atoms with van der Waals surface area (Å²) in [7, 11) is 1.67. The van der Waals surface area contributed by atoms with E-state index in [1.165, 1.54) is 9.80 Å². The van der Waals surface area contributed by atoms with E-state index < -0.39 is 6.10 Å². The average molecular weight is 329 g/mol. The smallest absolute Gasteiger partial charge is 0.268 e. The van der Waals surface area contributed by atoms with Gasteiger partial charge in [-0.2, -0.15) is 0 Å². The number of benzene rings is 1. The van der Waals surface area contributed by atoms with Gasteiger partial charge in [0.2, 0.25) is 5.91 Å². The molecule has 1 aliphatic heterocycles. The Morgan fingerprint density at radius 1 is 1.38 bits per heavy atom. The lowest BCUT2D eigenvalue weighted by atomic mass is 10.2. The van der Waals surface area contributed by atoms with Crippen LogP contribution in [0, 0.1) is 6.92 Å². The van der Waals surface area contributed by atoms with Gasteiger partial charge in [-0.3, -0.25) is 14.5 Å². The summed E-state index contributed by atoms with van der Waals surface area (Å²) in [6.45, 7) is 3.75. The summed E-state index contributed by atoms with van der Waals surface area (Å²) in [6.07, 6.45) is -0.615. The van der Waals surface area contributed by atoms with Crippen LogP contribution in [0.5, 0.6) is 5.75 Å². The van der Waals surface area contributed by atoms with Crippen molar-refractivity contribution in [2.45, 2.75) is 26.5 Å². The van der Waals surface area contributed by atoms with Gasteiger partial charge in [-0.05, 0) is 26.0 Å². The molecule has 7 heteroatoms. The summed E-state index contributed by atoms with van der Waals surface area (Å²) in [5.74, 6) is 0.879. The first-order valence-corrected chi connectivity index (χ1v) is 7.69. The molecule has 0 N–H and O–H groups in total. The number of nitrogens with zero attached hydrogens (tertiary/aromatic N) is 3. The van der Waals surface area contributed by atoms with E-state index in [-0.39, 0.29) is 18.4 Å². The van der Waals surface area contributed by atoms with Crippen LogP contribution >= 0.6 is 0 Å². The lowest BCUT2D eigenvalue weighted by Gasteiger charge is -2.33. The number of rotatable bonds is 4. The quantitative estimate of drug-likeness (QED) is 0.854. The Bertz CT molecular complexity index is 771. The van der Waals surface area contributed by atoms with Crippen LogP contribution in [0.2, 0.25) is 0 Å². The van der Waals surface area contributed by atoms with E-state index in [0.717, 1.165) is 0 Å². The van der Waals surface area contributed by atoms with Crippen LogP contribution in [-0.4, -0.2) is 41.6 Å². The number of anilines is 1. The maximum atomic E-state index is 12.5. The first-order chi connectivity index (χ1) is 11.5. The predicted molar refractivity (Wildman–Crippen MR) is 86.6 cm³/mol. The van der Waals surface area contributed by atoms with Gasteiger partial charge >= 0.3 is 0 Å². The molecule has 2 heterocycles. The van der Waals surface area contributed by atoms with Crippen molar-refractivity contribution in [3.63, 3.8) is 0 Å². The van der Waals surface area contributed by atoms with Crippen molar-refractivity contribution in [2.24, 2.45) is 0 Å². The monoisotopic (exact) mass is 329 g/mol. The lowest BCUT2D eigenvalue weighted by Crippen LogP contribution is -2.48. The number of aromatic nitrogens is 1. The van der Waals surface area contributed by atoms with E-state index in [0.29, 0.717) is 29.4 Å². The molecule has 1 aromatic carbocycles. The number of carbonyl (C=O) groups excluding carboxylic acids is 2. The minimum Gasteiger partial charge on any atom is -0.479 e. The van der Waals surface area contributed by atoms with Crippen molar-refractivity contribution in [3.05, 3.63) is 41.8 Å². The summed E-state index contributed by atoms with van der Waals surface area (Å²) in [5, 5.41) is 3.88. The number of hydrogen-bond donors (Lipinski definition) is 0. The minimum absolute atomic E-state index is 0.0448. The van der Waals surface area contributed by atoms with Crippen LogP contribution in [0.4, 0.5) is 5.69 Å². The molecule has 24 heavy (non-hydrogen) atoms. The molecular formula is C17H19N3O4. The molecule has 1 aliphatic rings. The molecule has 0 saturated heterocycles. The van der Waals surface area contributed by atoms with Gasteiger partial charge in [0.1, 0.15) is 23.7 Å². The Morgan fingerprint density at radius 3 is 2.83 bits per heavy atom. The van der Waals surface area contributed by atoms with Crippen molar-refractivity contribution in [3.8, 4) is 5.75 Å². The largest absolute Gasteiger partial charge is 0.479 e. The molecule has 7 nitrogen and oxygen atoms in total. The van der Waals surface area contributed by atoms with Gasteiger partial charge in [0.15, 0.2) is 6.10 Å². The Kier molecular flexibility index (Phi) is 4.24. The molecule has 126 valence electrons. The first kappa shape index (κ1) is 16.0. The van der Waals surface area contributed by atoms with Crippen LogP contribution in [0.15, 0.2) is 34.9 Å². The third-order valence-corrected chi connectivity index (χ3v) is 3.87. The fourth-order valence-corrected chi connectivity index (χ4v) is 2.60. The van der Waals surface area contributed by atoms with Crippen LogP contribution in [0.25, 0.3) is 0 Å². The molecule has 1 aromatic heterocycles. The number of fused-ring (bicyclic) bond motifs is 1. The second kappa shape index (κ2) is 6.35. The molecule has 0 spiro atoms. The van der Waals surface area contributed by atoms with E-state index in [1.807, 2.05) is 12.1 Å². The van der Waals surface area contributed by atoms with E-state index >= 15 is 0 Å². The van der Waals surface area contributed by atoms with Crippen molar-refractivity contribution in [1.82, 2.24) is 10.1 Å². The second-order valence-electron chi connectivity index (χ2n) is 5.83. The fraction of sp³-hybridized carbons (Fsp3) is 0.353. The SMILES string of the molecule is Cc1cc(CN(C)C(=O)CN2C(=O)C(C)Oc3ccccc32)no1. The maximum absolute atomic E-state index is 12.5. The Morgan fingerprint density at radius 2 is 2.12 bits per heavy atom. The van der Waals surface area contributed by atoms with Gasteiger partial charge in [-0.1, -0.05) is 17.3 Å². The van der Waals surface area contributed by atoms with Gasteiger partial charge in [-0.15, -0.1) is 0 Å². The summed E-state index contributed by atoms with van der Waals surface area (Å²) in [4.78, 5) is 27.9. The van der Waals surface area contributed by atoms with Gasteiger partial charge in [-0.25, -0.2) is 0 Å². The highest BCUT2D eigenvalue weighted by Gasteiger charge is 2.33. The zero-order valence-corrected chi connectivity index (χ0v) is 13.9. The third-order valence-electron chi connectivity index (χ3n) is 3.87. The molecule has 0 radical (unpaired) electrons. The molecule has 1 atom stereocenters. The Balaban J connectivity index is 1.74. The molecule has 0 saturated carbocycles. The first-order valence-electron chi connectivity index (χ1n) is 7.69. The molecule has 0 aliphatic carbocycles. The topological polar surface area (TPSA) is 75.9 Å². The van der Waals surface area contributed by atoms with Crippen LogP contribution in [0.3, 0.4) is 0 Å². The lowest BCUT2D eigenvalue weighted by molar-refractivity contribution is -0.132. The summed E-state index contributed by atoms with van der Waals surface area (Å²) >= 11 is 0. The fourth-order valence-electron chi connectivity index (χ4n) is 2.60. The summed E-state index contributed by atoms with van der Waals surface area (Å²) < 4.78 is 10.6. The van der Waals surface area contributed by atoms with Gasteiger partial charge < -0.3 is 14.2 Å². The zero-order chi connectivity index (χ0) is 17.3. The second-order valence-corrected chi connectivity index (χ2v) is 5.83. The van der Waals surface area contributed by atoms with Crippen LogP contribution < -0.4 is 9.64 Å². The summed E-state index contributed by atoms with van der Waals surface area (Å²) in [6, 6.07) is 8.98. The number of amides is 2. The van der Waals surface area contributed by atoms with Crippen LogP contribution in [0.1, 0.15) is 18.4 Å². The zero-order valence-electron chi connectivity index (χ0n) is 13.9. The molecule has 0 bridgehead atoms. The van der Waals surface area contributed by atoms with E-state index in [1.54, 1.807) is 39.1 Å². The molecule has 0 fully saturated rings. The highest BCUT2D eigenvalue weighted by Crippen LogP contribution is 2.33. The summed E-state index contributed by atoms with van der Waals surface area (Å²) in [5.41, 5.74) is 1.28.